The molecule has 0 bridgehead atoms. The van der Waals surface area contributed by atoms with E-state index >= 15 is 0 Å². The molecule has 0 spiro atoms. The molecule has 0 N–H and O–H groups in total. The Bertz CT molecular complexity index is 654. The Morgan fingerprint density at radius 2 is 1.77 bits per heavy atom. The number of amides is 2. The number of para-hydroxylation sites is 1. The molecule has 1 aromatic carbocycles. The fourth-order valence-corrected chi connectivity index (χ4v) is 2.96. The molecule has 142 valence electrons. The highest BCUT2D eigenvalue weighted by Gasteiger charge is 2.23. The minimum absolute atomic E-state index is 0.0259. The molecule has 0 atom stereocenters. The largest absolute Gasteiger partial charge is 0.462 e. The average molecular weight is 361 g/mol. The molecule has 1 aromatic rings. The van der Waals surface area contributed by atoms with Crippen molar-refractivity contribution in [3.63, 3.8) is 0 Å². The number of ether oxygens (including phenoxy) is 1. The first-order valence-corrected chi connectivity index (χ1v) is 8.94. The Kier molecular flexibility index (Phi) is 7.15. The van der Waals surface area contributed by atoms with E-state index < -0.39 is 5.97 Å². The van der Waals surface area contributed by atoms with Crippen LogP contribution in [-0.4, -0.2) is 74.0 Å². The quantitative estimate of drug-likeness (QED) is 0.716. The topological polar surface area (TPSA) is 70.2 Å². The van der Waals surface area contributed by atoms with Crippen LogP contribution in [-0.2, 0) is 14.3 Å². The van der Waals surface area contributed by atoms with Gasteiger partial charge >= 0.3 is 5.97 Å². The molecule has 1 aliphatic heterocycles. The Morgan fingerprint density at radius 1 is 1.12 bits per heavy atom. The van der Waals surface area contributed by atoms with Gasteiger partial charge in [-0.05, 0) is 26.1 Å². The second-order valence-corrected chi connectivity index (χ2v) is 6.34. The summed E-state index contributed by atoms with van der Waals surface area (Å²) >= 11 is 0. The van der Waals surface area contributed by atoms with Gasteiger partial charge in [0, 0.05) is 46.1 Å². The van der Waals surface area contributed by atoms with E-state index in [2.05, 4.69) is 4.90 Å². The van der Waals surface area contributed by atoms with E-state index in [9.17, 15) is 14.4 Å². The van der Waals surface area contributed by atoms with Gasteiger partial charge in [0.25, 0.3) is 0 Å². The first kappa shape index (κ1) is 19.9. The van der Waals surface area contributed by atoms with Crippen molar-refractivity contribution in [3.05, 3.63) is 29.8 Å². The monoisotopic (exact) mass is 361 g/mol. The van der Waals surface area contributed by atoms with Crippen LogP contribution in [0, 0.1) is 0 Å². The van der Waals surface area contributed by atoms with Crippen LogP contribution in [0.5, 0.6) is 0 Å². The number of likely N-dealkylation sites (N-methyl/N-ethyl adjacent to an activating group) is 1. The maximum absolute atomic E-state index is 12.5. The molecule has 1 aliphatic rings. The van der Waals surface area contributed by atoms with Crippen molar-refractivity contribution in [1.29, 1.82) is 0 Å². The predicted octanol–water partition coefficient (Wildman–Crippen LogP) is 1.38. The summed E-state index contributed by atoms with van der Waals surface area (Å²) < 4.78 is 5.07. The van der Waals surface area contributed by atoms with E-state index in [1.165, 1.54) is 11.8 Å². The maximum atomic E-state index is 12.5. The Labute approximate surface area is 154 Å². The average Bonchev–Trinajstić information content (AvgIpc) is 2.62. The smallest absolute Gasteiger partial charge is 0.340 e. The molecule has 7 nitrogen and oxygen atoms in total. The van der Waals surface area contributed by atoms with Crippen LogP contribution in [0.25, 0.3) is 0 Å². The van der Waals surface area contributed by atoms with Crippen LogP contribution in [0.4, 0.5) is 5.69 Å². The van der Waals surface area contributed by atoms with Gasteiger partial charge in [0.2, 0.25) is 11.8 Å². The minimum atomic E-state index is -0.472. The van der Waals surface area contributed by atoms with Crippen LogP contribution in [0.15, 0.2) is 24.3 Å². The number of nitrogens with zero attached hydrogens (tertiary/aromatic N) is 3. The molecule has 0 aromatic heterocycles. The van der Waals surface area contributed by atoms with E-state index in [-0.39, 0.29) is 31.4 Å². The fraction of sp³-hybridized carbons (Fsp3) is 0.526. The van der Waals surface area contributed by atoms with Gasteiger partial charge < -0.3 is 19.4 Å². The van der Waals surface area contributed by atoms with Gasteiger partial charge in [-0.3, -0.25) is 9.59 Å². The van der Waals surface area contributed by atoms with Gasteiger partial charge in [-0.1, -0.05) is 12.1 Å². The number of carbonyl (C=O) groups is 3. The first-order valence-electron chi connectivity index (χ1n) is 8.94. The summed E-state index contributed by atoms with van der Waals surface area (Å²) in [4.78, 5) is 42.3. The van der Waals surface area contributed by atoms with Crippen molar-refractivity contribution in [3.8, 4) is 0 Å². The molecular formula is C19H27N3O4. The Morgan fingerprint density at radius 3 is 2.38 bits per heavy atom. The summed E-state index contributed by atoms with van der Waals surface area (Å²) in [5, 5.41) is 0. The third-order valence-electron chi connectivity index (χ3n) is 4.48. The summed E-state index contributed by atoms with van der Waals surface area (Å²) in [5.74, 6) is -0.661. The zero-order valence-corrected chi connectivity index (χ0v) is 15.7. The number of carbonyl (C=O) groups excluding carboxylic acids is 3. The van der Waals surface area contributed by atoms with Crippen LogP contribution < -0.4 is 4.90 Å². The standard InChI is InChI=1S/C19H27N3O4/c1-4-26-19(25)16-7-5-6-8-17(16)22(15(2)23)10-9-18(24)21-13-11-20(3)12-14-21/h5-8H,4,9-14H2,1-3H3. The molecule has 0 aliphatic carbocycles. The lowest BCUT2D eigenvalue weighted by Crippen LogP contribution is -2.48. The lowest BCUT2D eigenvalue weighted by Gasteiger charge is -2.33. The number of hydrogen-bond donors (Lipinski definition) is 0. The minimum Gasteiger partial charge on any atom is -0.462 e. The van der Waals surface area contributed by atoms with E-state index in [4.69, 9.17) is 4.74 Å². The summed E-state index contributed by atoms with van der Waals surface area (Å²) in [5.41, 5.74) is 0.807. The molecule has 26 heavy (non-hydrogen) atoms. The van der Waals surface area contributed by atoms with E-state index in [1.54, 1.807) is 31.2 Å². The van der Waals surface area contributed by atoms with Gasteiger partial charge in [0.1, 0.15) is 0 Å². The number of hydrogen-bond acceptors (Lipinski definition) is 5. The van der Waals surface area contributed by atoms with Crippen molar-refractivity contribution in [2.24, 2.45) is 0 Å². The molecule has 7 heteroatoms. The normalized spacial score (nSPS) is 14.8. The van der Waals surface area contributed by atoms with Crippen molar-refractivity contribution in [2.45, 2.75) is 20.3 Å². The number of benzene rings is 1. The van der Waals surface area contributed by atoms with Crippen molar-refractivity contribution >= 4 is 23.5 Å². The molecule has 2 rings (SSSR count). The molecule has 1 fully saturated rings. The van der Waals surface area contributed by atoms with Crippen molar-refractivity contribution < 1.29 is 19.1 Å². The molecule has 0 radical (unpaired) electrons. The summed E-state index contributed by atoms with van der Waals surface area (Å²) in [6.07, 6.45) is 0.223. The van der Waals surface area contributed by atoms with Crippen LogP contribution in [0.3, 0.4) is 0 Å². The molecule has 0 unspecified atom stereocenters. The Balaban J connectivity index is 2.09. The lowest BCUT2D eigenvalue weighted by atomic mass is 10.1. The van der Waals surface area contributed by atoms with E-state index in [0.29, 0.717) is 24.3 Å². The highest BCUT2D eigenvalue weighted by atomic mass is 16.5. The molecule has 1 saturated heterocycles. The number of esters is 1. The van der Waals surface area contributed by atoms with Gasteiger partial charge in [0.05, 0.1) is 17.9 Å². The first-order chi connectivity index (χ1) is 12.4. The van der Waals surface area contributed by atoms with Crippen molar-refractivity contribution in [1.82, 2.24) is 9.80 Å². The summed E-state index contributed by atoms with van der Waals surface area (Å²) in [6, 6.07) is 6.82. The predicted molar refractivity (Wildman–Crippen MR) is 99.1 cm³/mol. The molecule has 1 heterocycles. The second kappa shape index (κ2) is 9.33. The summed E-state index contributed by atoms with van der Waals surface area (Å²) in [6.45, 7) is 6.78. The zero-order valence-electron chi connectivity index (χ0n) is 15.7. The van der Waals surface area contributed by atoms with Crippen LogP contribution in [0.1, 0.15) is 30.6 Å². The third-order valence-corrected chi connectivity index (χ3v) is 4.48. The van der Waals surface area contributed by atoms with E-state index in [0.717, 1.165) is 13.1 Å². The van der Waals surface area contributed by atoms with Gasteiger partial charge in [0.15, 0.2) is 0 Å². The maximum Gasteiger partial charge on any atom is 0.340 e. The summed E-state index contributed by atoms with van der Waals surface area (Å²) in [7, 11) is 2.03. The van der Waals surface area contributed by atoms with Crippen LogP contribution >= 0.6 is 0 Å². The number of rotatable bonds is 6. The SMILES string of the molecule is CCOC(=O)c1ccccc1N(CCC(=O)N1CCN(C)CC1)C(C)=O. The highest BCUT2D eigenvalue weighted by Crippen LogP contribution is 2.22. The van der Waals surface area contributed by atoms with Gasteiger partial charge in [-0.2, -0.15) is 0 Å². The van der Waals surface area contributed by atoms with Crippen LogP contribution in [0.2, 0.25) is 0 Å². The van der Waals surface area contributed by atoms with Gasteiger partial charge in [-0.25, -0.2) is 4.79 Å². The fourth-order valence-electron chi connectivity index (χ4n) is 2.96. The Hall–Kier alpha value is -2.41. The number of piperazine rings is 1. The molecule has 0 saturated carbocycles. The highest BCUT2D eigenvalue weighted by molar-refractivity contribution is 6.02. The third kappa shape index (κ3) is 5.05. The lowest BCUT2D eigenvalue weighted by molar-refractivity contribution is -0.132. The molecule has 2 amide bonds. The zero-order chi connectivity index (χ0) is 19.1. The van der Waals surface area contributed by atoms with Crippen molar-refractivity contribution in [2.75, 3.05) is 51.3 Å². The number of anilines is 1. The van der Waals surface area contributed by atoms with E-state index in [1.807, 2.05) is 11.9 Å². The van der Waals surface area contributed by atoms with Gasteiger partial charge in [-0.15, -0.1) is 0 Å². The molecular weight excluding hydrogens is 334 g/mol. The second-order valence-electron chi connectivity index (χ2n) is 6.34.